The average Bonchev–Trinajstić information content (AvgIpc) is 2.59. The van der Waals surface area contributed by atoms with Crippen molar-refractivity contribution < 1.29 is 22.7 Å². The van der Waals surface area contributed by atoms with Crippen LogP contribution >= 0.6 is 0 Å². The van der Waals surface area contributed by atoms with Crippen LogP contribution in [0.2, 0.25) is 0 Å². The van der Waals surface area contributed by atoms with E-state index in [9.17, 15) is 18.0 Å². The van der Waals surface area contributed by atoms with Crippen LogP contribution in [0.5, 0.6) is 0 Å². The zero-order chi connectivity index (χ0) is 19.3. The van der Waals surface area contributed by atoms with Crippen molar-refractivity contribution in [2.24, 2.45) is 0 Å². The van der Waals surface area contributed by atoms with Gasteiger partial charge in [-0.2, -0.15) is 0 Å². The van der Waals surface area contributed by atoms with E-state index in [4.69, 9.17) is 4.74 Å². The summed E-state index contributed by atoms with van der Waals surface area (Å²) in [6, 6.07) is 12.7. The van der Waals surface area contributed by atoms with Gasteiger partial charge in [-0.1, -0.05) is 18.2 Å². The van der Waals surface area contributed by atoms with Gasteiger partial charge in [0.25, 0.3) is 5.91 Å². The topological polar surface area (TPSA) is 92.8 Å². The molecule has 0 atom stereocenters. The molecule has 0 aromatic heterocycles. The summed E-state index contributed by atoms with van der Waals surface area (Å²) in [5.41, 5.74) is 1.64. The fourth-order valence-electron chi connectivity index (χ4n) is 2.13. The number of sulfonamides is 1. The van der Waals surface area contributed by atoms with E-state index in [0.717, 1.165) is 9.87 Å². The summed E-state index contributed by atoms with van der Waals surface area (Å²) >= 11 is 0. The fraction of sp³-hybridized carbons (Fsp3) is 0.222. The fourth-order valence-corrected chi connectivity index (χ4v) is 3.08. The van der Waals surface area contributed by atoms with Crippen LogP contribution in [0, 0.1) is 6.92 Å². The molecule has 8 heteroatoms. The Bertz CT molecular complexity index is 923. The van der Waals surface area contributed by atoms with Crippen LogP contribution in [0.4, 0.5) is 5.69 Å². The molecule has 0 heterocycles. The first-order valence-corrected chi connectivity index (χ1v) is 9.20. The summed E-state index contributed by atoms with van der Waals surface area (Å²) in [4.78, 5) is 24.0. The zero-order valence-electron chi connectivity index (χ0n) is 14.7. The third-order valence-electron chi connectivity index (χ3n) is 3.48. The lowest BCUT2D eigenvalue weighted by Gasteiger charge is -2.12. The number of rotatable bonds is 6. The molecule has 0 bridgehead atoms. The van der Waals surface area contributed by atoms with E-state index in [0.29, 0.717) is 5.69 Å². The number of aryl methyl sites for hydroxylation is 1. The maximum atomic E-state index is 12.1. The Morgan fingerprint density at radius 2 is 1.77 bits per heavy atom. The van der Waals surface area contributed by atoms with Crippen molar-refractivity contribution in [3.8, 4) is 0 Å². The standard InChI is InChI=1S/C18H20N2O5S/c1-13-6-4-8-15(10-13)19-17(21)12-25-18(22)14-7-5-9-16(11-14)26(23,24)20(2)3/h4-11H,12H2,1-3H3,(H,19,21). The maximum Gasteiger partial charge on any atom is 0.338 e. The predicted molar refractivity (Wildman–Crippen MR) is 97.4 cm³/mol. The number of amides is 1. The quantitative estimate of drug-likeness (QED) is 0.779. The number of carbonyl (C=O) groups excluding carboxylic acids is 2. The average molecular weight is 376 g/mol. The molecule has 26 heavy (non-hydrogen) atoms. The molecule has 138 valence electrons. The third-order valence-corrected chi connectivity index (χ3v) is 5.30. The van der Waals surface area contributed by atoms with Gasteiger partial charge in [-0.3, -0.25) is 4.79 Å². The first-order chi connectivity index (χ1) is 12.2. The number of ether oxygens (including phenoxy) is 1. The minimum absolute atomic E-state index is 0.0267. The van der Waals surface area contributed by atoms with Gasteiger partial charge in [-0.05, 0) is 42.8 Å². The second-order valence-corrected chi connectivity index (χ2v) is 7.96. The largest absolute Gasteiger partial charge is 0.452 e. The van der Waals surface area contributed by atoms with Gasteiger partial charge < -0.3 is 10.1 Å². The number of benzene rings is 2. The highest BCUT2D eigenvalue weighted by Gasteiger charge is 2.19. The second-order valence-electron chi connectivity index (χ2n) is 5.81. The van der Waals surface area contributed by atoms with Crippen molar-refractivity contribution in [3.05, 3.63) is 59.7 Å². The molecule has 2 rings (SSSR count). The first-order valence-electron chi connectivity index (χ1n) is 7.76. The van der Waals surface area contributed by atoms with E-state index in [1.807, 2.05) is 13.0 Å². The number of hydrogen-bond acceptors (Lipinski definition) is 5. The highest BCUT2D eigenvalue weighted by atomic mass is 32.2. The lowest BCUT2D eigenvalue weighted by Crippen LogP contribution is -2.23. The van der Waals surface area contributed by atoms with Crippen LogP contribution in [0.25, 0.3) is 0 Å². The van der Waals surface area contributed by atoms with Gasteiger partial charge >= 0.3 is 5.97 Å². The number of nitrogens with zero attached hydrogens (tertiary/aromatic N) is 1. The molecular formula is C18H20N2O5S. The van der Waals surface area contributed by atoms with Gasteiger partial charge in [0.1, 0.15) is 0 Å². The molecular weight excluding hydrogens is 356 g/mol. The van der Waals surface area contributed by atoms with Crippen LogP contribution in [0.15, 0.2) is 53.4 Å². The van der Waals surface area contributed by atoms with Crippen LogP contribution in [0.3, 0.4) is 0 Å². The van der Waals surface area contributed by atoms with E-state index in [2.05, 4.69) is 5.32 Å². The van der Waals surface area contributed by atoms with Crippen molar-refractivity contribution in [1.82, 2.24) is 4.31 Å². The van der Waals surface area contributed by atoms with Gasteiger partial charge in [-0.15, -0.1) is 0 Å². The van der Waals surface area contributed by atoms with E-state index in [1.54, 1.807) is 18.2 Å². The summed E-state index contributed by atoms with van der Waals surface area (Å²) in [6.45, 7) is 1.42. The van der Waals surface area contributed by atoms with Crippen LogP contribution in [0.1, 0.15) is 15.9 Å². The van der Waals surface area contributed by atoms with Crippen molar-refractivity contribution in [2.45, 2.75) is 11.8 Å². The van der Waals surface area contributed by atoms with Gasteiger partial charge in [0.05, 0.1) is 10.5 Å². The molecule has 0 unspecified atom stereocenters. The molecule has 2 aromatic carbocycles. The smallest absolute Gasteiger partial charge is 0.338 e. The Morgan fingerprint density at radius 3 is 2.42 bits per heavy atom. The van der Waals surface area contributed by atoms with E-state index < -0.39 is 28.5 Å². The molecule has 0 radical (unpaired) electrons. The van der Waals surface area contributed by atoms with Crippen LogP contribution in [-0.4, -0.2) is 45.3 Å². The number of carbonyl (C=O) groups is 2. The summed E-state index contributed by atoms with van der Waals surface area (Å²) < 4.78 is 30.2. The Labute approximate surface area is 152 Å². The number of hydrogen-bond donors (Lipinski definition) is 1. The van der Waals surface area contributed by atoms with Gasteiger partial charge in [0.2, 0.25) is 10.0 Å². The van der Waals surface area contributed by atoms with E-state index in [-0.39, 0.29) is 10.5 Å². The Hall–Kier alpha value is -2.71. The summed E-state index contributed by atoms with van der Waals surface area (Å²) in [6.07, 6.45) is 0. The summed E-state index contributed by atoms with van der Waals surface area (Å²) in [5, 5.41) is 2.62. The Kier molecular flexibility index (Phi) is 6.12. The van der Waals surface area contributed by atoms with Gasteiger partial charge in [0, 0.05) is 19.8 Å². The van der Waals surface area contributed by atoms with E-state index in [1.165, 1.54) is 38.4 Å². The highest BCUT2D eigenvalue weighted by molar-refractivity contribution is 7.89. The molecule has 7 nitrogen and oxygen atoms in total. The highest BCUT2D eigenvalue weighted by Crippen LogP contribution is 2.15. The second kappa shape index (κ2) is 8.11. The molecule has 0 saturated carbocycles. The normalized spacial score (nSPS) is 11.2. The minimum atomic E-state index is -3.66. The summed E-state index contributed by atoms with van der Waals surface area (Å²) in [7, 11) is -0.865. The number of esters is 1. The third kappa shape index (κ3) is 4.90. The van der Waals surface area contributed by atoms with Crippen LogP contribution < -0.4 is 5.32 Å². The summed E-state index contributed by atoms with van der Waals surface area (Å²) in [5.74, 6) is -1.26. The monoisotopic (exact) mass is 376 g/mol. The molecule has 0 aliphatic heterocycles. The van der Waals surface area contributed by atoms with Crippen molar-refractivity contribution in [3.63, 3.8) is 0 Å². The van der Waals surface area contributed by atoms with Crippen molar-refractivity contribution >= 4 is 27.6 Å². The molecule has 0 spiro atoms. The molecule has 0 fully saturated rings. The molecule has 0 aliphatic rings. The van der Waals surface area contributed by atoms with E-state index >= 15 is 0 Å². The molecule has 0 saturated heterocycles. The van der Waals surface area contributed by atoms with Gasteiger partial charge in [-0.25, -0.2) is 17.5 Å². The SMILES string of the molecule is Cc1cccc(NC(=O)COC(=O)c2cccc(S(=O)(=O)N(C)C)c2)c1. The number of nitrogens with one attached hydrogen (secondary N) is 1. The van der Waals surface area contributed by atoms with Crippen molar-refractivity contribution in [2.75, 3.05) is 26.0 Å². The molecule has 0 aliphatic carbocycles. The molecule has 1 N–H and O–H groups in total. The number of anilines is 1. The zero-order valence-corrected chi connectivity index (χ0v) is 15.5. The lowest BCUT2D eigenvalue weighted by atomic mass is 10.2. The molecule has 1 amide bonds. The Morgan fingerprint density at radius 1 is 1.08 bits per heavy atom. The predicted octanol–water partition coefficient (Wildman–Crippen LogP) is 2.04. The van der Waals surface area contributed by atoms with Crippen LogP contribution in [-0.2, 0) is 19.6 Å². The van der Waals surface area contributed by atoms with Gasteiger partial charge in [0.15, 0.2) is 6.61 Å². The maximum absolute atomic E-state index is 12.1. The minimum Gasteiger partial charge on any atom is -0.452 e. The van der Waals surface area contributed by atoms with Crippen molar-refractivity contribution in [1.29, 1.82) is 0 Å². The first kappa shape index (κ1) is 19.6. The lowest BCUT2D eigenvalue weighted by molar-refractivity contribution is -0.119. The Balaban J connectivity index is 2.01. The molecule has 2 aromatic rings.